The highest BCUT2D eigenvalue weighted by Crippen LogP contribution is 2.35. The lowest BCUT2D eigenvalue weighted by Crippen LogP contribution is -1.97. The lowest BCUT2D eigenvalue weighted by Gasteiger charge is -2.16. The molecule has 0 heterocycles. The molecule has 2 nitrogen and oxygen atoms in total. The largest absolute Gasteiger partial charge is 0.496 e. The van der Waals surface area contributed by atoms with Crippen molar-refractivity contribution in [3.05, 3.63) is 52.6 Å². The van der Waals surface area contributed by atoms with E-state index < -0.39 is 0 Å². The highest BCUT2D eigenvalue weighted by atomic mass is 16.5. The van der Waals surface area contributed by atoms with E-state index in [4.69, 9.17) is 9.47 Å². The Balaban J connectivity index is 2.38. The summed E-state index contributed by atoms with van der Waals surface area (Å²) in [5.41, 5.74) is 4.56. The summed E-state index contributed by atoms with van der Waals surface area (Å²) in [6.45, 7) is 8.22. The maximum Gasteiger partial charge on any atom is 0.131 e. The molecular formula is C17H20O2. The Labute approximate surface area is 115 Å². The lowest BCUT2D eigenvalue weighted by molar-refractivity contribution is 0.405. The van der Waals surface area contributed by atoms with Crippen molar-refractivity contribution in [2.75, 3.05) is 7.11 Å². The highest BCUT2D eigenvalue weighted by Gasteiger charge is 2.12. The Hall–Kier alpha value is -1.96. The number of ether oxygens (including phenoxy) is 2. The van der Waals surface area contributed by atoms with E-state index in [1.54, 1.807) is 7.11 Å². The maximum absolute atomic E-state index is 5.97. The molecule has 2 heteroatoms. The molecule has 2 aromatic carbocycles. The lowest BCUT2D eigenvalue weighted by atomic mass is 10.0. The Kier molecular flexibility index (Phi) is 3.79. The molecule has 2 rings (SSSR count). The predicted octanol–water partition coefficient (Wildman–Crippen LogP) is 4.72. The zero-order valence-electron chi connectivity index (χ0n) is 12.2. The van der Waals surface area contributed by atoms with Gasteiger partial charge in [-0.05, 0) is 62.6 Å². The number of hydrogen-bond acceptors (Lipinski definition) is 2. The van der Waals surface area contributed by atoms with Crippen LogP contribution in [0.4, 0.5) is 0 Å². The van der Waals surface area contributed by atoms with Gasteiger partial charge in [-0.25, -0.2) is 0 Å². The average Bonchev–Trinajstić information content (AvgIpc) is 2.39. The van der Waals surface area contributed by atoms with E-state index in [9.17, 15) is 0 Å². The van der Waals surface area contributed by atoms with Gasteiger partial charge in [0.25, 0.3) is 0 Å². The average molecular weight is 256 g/mol. The van der Waals surface area contributed by atoms with E-state index in [2.05, 4.69) is 20.8 Å². The van der Waals surface area contributed by atoms with Crippen LogP contribution in [-0.2, 0) is 0 Å². The van der Waals surface area contributed by atoms with Crippen LogP contribution in [0, 0.1) is 27.7 Å². The van der Waals surface area contributed by atoms with Crippen LogP contribution < -0.4 is 9.47 Å². The Bertz CT molecular complexity index is 583. The summed E-state index contributed by atoms with van der Waals surface area (Å²) < 4.78 is 11.4. The van der Waals surface area contributed by atoms with E-state index in [-0.39, 0.29) is 0 Å². The molecular weight excluding hydrogens is 236 g/mol. The Morgan fingerprint density at radius 1 is 0.842 bits per heavy atom. The minimum Gasteiger partial charge on any atom is -0.496 e. The standard InChI is InChI=1S/C17H20O2/c1-11-6-8-15(9-7-11)19-16-10-12(2)17(18-5)14(4)13(16)3/h6-10H,1-5H3. The molecule has 19 heavy (non-hydrogen) atoms. The third-order valence-electron chi connectivity index (χ3n) is 3.43. The van der Waals surface area contributed by atoms with Crippen molar-refractivity contribution in [3.63, 3.8) is 0 Å². The molecule has 0 spiro atoms. The van der Waals surface area contributed by atoms with Crippen molar-refractivity contribution >= 4 is 0 Å². The number of hydrogen-bond donors (Lipinski definition) is 0. The second kappa shape index (κ2) is 5.35. The highest BCUT2D eigenvalue weighted by molar-refractivity contribution is 5.53. The van der Waals surface area contributed by atoms with Crippen molar-refractivity contribution in [3.8, 4) is 17.2 Å². The topological polar surface area (TPSA) is 18.5 Å². The van der Waals surface area contributed by atoms with Crippen LogP contribution in [0.3, 0.4) is 0 Å². The van der Waals surface area contributed by atoms with Crippen LogP contribution in [-0.4, -0.2) is 7.11 Å². The molecule has 0 unspecified atom stereocenters. The molecule has 2 aromatic rings. The second-order valence-electron chi connectivity index (χ2n) is 4.89. The van der Waals surface area contributed by atoms with Crippen molar-refractivity contribution in [2.45, 2.75) is 27.7 Å². The fourth-order valence-electron chi connectivity index (χ4n) is 2.17. The van der Waals surface area contributed by atoms with Crippen LogP contribution in [0.25, 0.3) is 0 Å². The van der Waals surface area contributed by atoms with Gasteiger partial charge < -0.3 is 9.47 Å². The summed E-state index contributed by atoms with van der Waals surface area (Å²) >= 11 is 0. The summed E-state index contributed by atoms with van der Waals surface area (Å²) in [6, 6.07) is 10.1. The minimum absolute atomic E-state index is 0.859. The van der Waals surface area contributed by atoms with Crippen LogP contribution in [0.2, 0.25) is 0 Å². The summed E-state index contributed by atoms with van der Waals surface area (Å²) in [5, 5.41) is 0. The van der Waals surface area contributed by atoms with Crippen LogP contribution in [0.1, 0.15) is 22.3 Å². The molecule has 0 N–H and O–H groups in total. The van der Waals surface area contributed by atoms with Crippen LogP contribution >= 0.6 is 0 Å². The van der Waals surface area contributed by atoms with E-state index in [1.165, 1.54) is 5.56 Å². The first-order valence-electron chi connectivity index (χ1n) is 6.42. The molecule has 0 aliphatic heterocycles. The van der Waals surface area contributed by atoms with Gasteiger partial charge >= 0.3 is 0 Å². The first kappa shape index (κ1) is 13.5. The normalized spacial score (nSPS) is 10.4. The fraction of sp³-hybridized carbons (Fsp3) is 0.294. The molecule has 100 valence electrons. The Morgan fingerprint density at radius 3 is 2.05 bits per heavy atom. The van der Waals surface area contributed by atoms with Gasteiger partial charge in [0.15, 0.2) is 0 Å². The quantitative estimate of drug-likeness (QED) is 0.791. The molecule has 0 fully saturated rings. The van der Waals surface area contributed by atoms with Gasteiger partial charge in [-0.2, -0.15) is 0 Å². The smallest absolute Gasteiger partial charge is 0.131 e. The molecule has 0 atom stereocenters. The molecule has 0 radical (unpaired) electrons. The van der Waals surface area contributed by atoms with Gasteiger partial charge in [-0.3, -0.25) is 0 Å². The van der Waals surface area contributed by atoms with Gasteiger partial charge in [-0.1, -0.05) is 17.7 Å². The van der Waals surface area contributed by atoms with Crippen molar-refractivity contribution < 1.29 is 9.47 Å². The molecule has 0 aliphatic rings. The van der Waals surface area contributed by atoms with Gasteiger partial charge in [0.2, 0.25) is 0 Å². The SMILES string of the molecule is COc1c(C)cc(Oc2ccc(C)cc2)c(C)c1C. The number of rotatable bonds is 3. The van der Waals surface area contributed by atoms with Crippen LogP contribution in [0.15, 0.2) is 30.3 Å². The summed E-state index contributed by atoms with van der Waals surface area (Å²) in [5.74, 6) is 2.69. The first-order valence-corrected chi connectivity index (χ1v) is 6.42. The zero-order valence-corrected chi connectivity index (χ0v) is 12.2. The van der Waals surface area contributed by atoms with Crippen molar-refractivity contribution in [1.29, 1.82) is 0 Å². The summed E-state index contributed by atoms with van der Waals surface area (Å²) in [6.07, 6.45) is 0. The molecule has 0 saturated heterocycles. The van der Waals surface area contributed by atoms with Gasteiger partial charge in [0.05, 0.1) is 7.11 Å². The van der Waals surface area contributed by atoms with E-state index in [1.807, 2.05) is 37.3 Å². The zero-order chi connectivity index (χ0) is 14.0. The fourth-order valence-corrected chi connectivity index (χ4v) is 2.17. The summed E-state index contributed by atoms with van der Waals surface area (Å²) in [7, 11) is 1.70. The third-order valence-corrected chi connectivity index (χ3v) is 3.43. The summed E-state index contributed by atoms with van der Waals surface area (Å²) in [4.78, 5) is 0. The molecule has 0 saturated carbocycles. The number of methoxy groups -OCH3 is 1. The van der Waals surface area contributed by atoms with Crippen molar-refractivity contribution in [2.24, 2.45) is 0 Å². The van der Waals surface area contributed by atoms with E-state index in [0.29, 0.717) is 0 Å². The molecule has 0 amide bonds. The van der Waals surface area contributed by atoms with Gasteiger partial charge in [-0.15, -0.1) is 0 Å². The molecule has 0 aromatic heterocycles. The van der Waals surface area contributed by atoms with Gasteiger partial charge in [0.1, 0.15) is 17.2 Å². The number of aryl methyl sites for hydroxylation is 2. The van der Waals surface area contributed by atoms with Crippen LogP contribution in [0.5, 0.6) is 17.2 Å². The van der Waals surface area contributed by atoms with Crippen molar-refractivity contribution in [1.82, 2.24) is 0 Å². The minimum atomic E-state index is 0.859. The Morgan fingerprint density at radius 2 is 1.47 bits per heavy atom. The molecule has 0 bridgehead atoms. The monoisotopic (exact) mass is 256 g/mol. The third kappa shape index (κ3) is 2.73. The van der Waals surface area contributed by atoms with Gasteiger partial charge in [0, 0.05) is 0 Å². The molecule has 0 aliphatic carbocycles. The predicted molar refractivity (Wildman–Crippen MR) is 78.5 cm³/mol. The van der Waals surface area contributed by atoms with E-state index >= 15 is 0 Å². The first-order chi connectivity index (χ1) is 9.02. The number of benzene rings is 2. The van der Waals surface area contributed by atoms with E-state index in [0.717, 1.165) is 33.9 Å². The second-order valence-corrected chi connectivity index (χ2v) is 4.89. The maximum atomic E-state index is 5.97.